The van der Waals surface area contributed by atoms with Crippen LogP contribution in [0.1, 0.15) is 18.9 Å². The van der Waals surface area contributed by atoms with Crippen LogP contribution in [0.15, 0.2) is 36.5 Å². The zero-order valence-corrected chi connectivity index (χ0v) is 15.6. The van der Waals surface area contributed by atoms with Crippen LogP contribution in [0.25, 0.3) is 0 Å². The van der Waals surface area contributed by atoms with Gasteiger partial charge in [0.15, 0.2) is 0 Å². The highest BCUT2D eigenvalue weighted by molar-refractivity contribution is 5.89. The van der Waals surface area contributed by atoms with E-state index in [0.29, 0.717) is 38.4 Å². The van der Waals surface area contributed by atoms with E-state index in [4.69, 9.17) is 4.74 Å². The maximum atomic E-state index is 12.6. The van der Waals surface area contributed by atoms with Crippen LogP contribution in [0.5, 0.6) is 5.75 Å². The number of carbonyl (C=O) groups excluding carboxylic acids is 2. The Balaban J connectivity index is 1.63. The maximum Gasteiger partial charge on any atom is 0.323 e. The van der Waals surface area contributed by atoms with E-state index in [2.05, 4.69) is 15.7 Å². The minimum Gasteiger partial charge on any atom is -0.496 e. The summed E-state index contributed by atoms with van der Waals surface area (Å²) in [4.78, 5) is 26.2. The Hall–Kier alpha value is -3.03. The van der Waals surface area contributed by atoms with Gasteiger partial charge in [0.2, 0.25) is 5.91 Å². The highest BCUT2D eigenvalue weighted by atomic mass is 16.5. The van der Waals surface area contributed by atoms with Crippen LogP contribution >= 0.6 is 0 Å². The number of carbonyl (C=O) groups is 2. The second-order valence-corrected chi connectivity index (χ2v) is 6.44. The molecule has 1 aromatic carbocycles. The minimum absolute atomic E-state index is 0.00835. The third kappa shape index (κ3) is 4.39. The van der Waals surface area contributed by atoms with Gasteiger partial charge in [-0.1, -0.05) is 18.2 Å². The molecule has 0 radical (unpaired) electrons. The van der Waals surface area contributed by atoms with Crippen molar-refractivity contribution in [2.75, 3.05) is 32.1 Å². The van der Waals surface area contributed by atoms with E-state index in [0.717, 1.165) is 11.3 Å². The first-order valence-electron chi connectivity index (χ1n) is 9.09. The molecule has 1 aliphatic heterocycles. The smallest absolute Gasteiger partial charge is 0.323 e. The first kappa shape index (κ1) is 18.8. The van der Waals surface area contributed by atoms with Crippen molar-refractivity contribution in [3.8, 4) is 5.75 Å². The Morgan fingerprint density at radius 3 is 2.89 bits per heavy atom. The van der Waals surface area contributed by atoms with Crippen molar-refractivity contribution in [3.05, 3.63) is 42.1 Å². The van der Waals surface area contributed by atoms with Crippen LogP contribution in [-0.2, 0) is 11.3 Å². The fraction of sp³-hybridized carbons (Fsp3) is 0.421. The van der Waals surface area contributed by atoms with Gasteiger partial charge in [-0.15, -0.1) is 0 Å². The molecular weight excluding hydrogens is 346 g/mol. The Labute approximate surface area is 158 Å². The molecule has 2 N–H and O–H groups in total. The zero-order chi connectivity index (χ0) is 19.2. The molecule has 8 nitrogen and oxygen atoms in total. The van der Waals surface area contributed by atoms with Gasteiger partial charge in [0.1, 0.15) is 11.6 Å². The molecule has 2 heterocycles. The monoisotopic (exact) mass is 371 g/mol. The molecule has 1 atom stereocenters. The summed E-state index contributed by atoms with van der Waals surface area (Å²) in [5, 5.41) is 10.0. The molecule has 3 amide bonds. The van der Waals surface area contributed by atoms with Gasteiger partial charge in [-0.2, -0.15) is 5.10 Å². The highest BCUT2D eigenvalue weighted by Gasteiger charge is 2.31. The van der Waals surface area contributed by atoms with Gasteiger partial charge >= 0.3 is 6.03 Å². The number of amides is 3. The summed E-state index contributed by atoms with van der Waals surface area (Å²) in [6.07, 6.45) is 2.33. The summed E-state index contributed by atoms with van der Waals surface area (Å²) < 4.78 is 7.09. The molecule has 1 aromatic heterocycles. The van der Waals surface area contributed by atoms with E-state index in [1.54, 1.807) is 29.0 Å². The third-order valence-electron chi connectivity index (χ3n) is 4.66. The lowest BCUT2D eigenvalue weighted by Gasteiger charge is -2.18. The van der Waals surface area contributed by atoms with Crippen LogP contribution < -0.4 is 15.4 Å². The fourth-order valence-corrected chi connectivity index (χ4v) is 3.23. The van der Waals surface area contributed by atoms with E-state index in [1.807, 2.05) is 31.2 Å². The molecule has 0 spiro atoms. The third-order valence-corrected chi connectivity index (χ3v) is 4.66. The van der Waals surface area contributed by atoms with E-state index < -0.39 is 0 Å². The largest absolute Gasteiger partial charge is 0.496 e. The van der Waals surface area contributed by atoms with Gasteiger partial charge in [-0.25, -0.2) is 9.48 Å². The number of nitrogens with one attached hydrogen (secondary N) is 2. The lowest BCUT2D eigenvalue weighted by atomic mass is 10.1. The van der Waals surface area contributed by atoms with E-state index in [1.165, 1.54) is 0 Å². The molecule has 1 fully saturated rings. The lowest BCUT2D eigenvalue weighted by Crippen LogP contribution is -2.36. The average molecular weight is 371 g/mol. The number of benzene rings is 1. The number of methoxy groups -OCH3 is 1. The van der Waals surface area contributed by atoms with E-state index in [-0.39, 0.29) is 17.9 Å². The van der Waals surface area contributed by atoms with Gasteiger partial charge in [0.25, 0.3) is 0 Å². The molecule has 0 aliphatic carbocycles. The predicted molar refractivity (Wildman–Crippen MR) is 102 cm³/mol. The van der Waals surface area contributed by atoms with Gasteiger partial charge in [0, 0.05) is 31.3 Å². The van der Waals surface area contributed by atoms with Crippen LogP contribution in [0, 0.1) is 5.92 Å². The molecule has 2 aromatic rings. The molecule has 8 heteroatoms. The summed E-state index contributed by atoms with van der Waals surface area (Å²) in [7, 11) is 1.63. The van der Waals surface area contributed by atoms with Crippen molar-refractivity contribution in [2.24, 2.45) is 5.92 Å². The summed E-state index contributed by atoms with van der Waals surface area (Å²) >= 11 is 0. The van der Waals surface area contributed by atoms with Crippen LogP contribution in [-0.4, -0.2) is 53.4 Å². The van der Waals surface area contributed by atoms with Gasteiger partial charge in [-0.05, 0) is 19.4 Å². The summed E-state index contributed by atoms with van der Waals surface area (Å²) in [6, 6.07) is 9.23. The van der Waals surface area contributed by atoms with Crippen molar-refractivity contribution < 1.29 is 14.3 Å². The minimum atomic E-state index is -0.219. The predicted octanol–water partition coefficient (Wildman–Crippen LogP) is 1.93. The molecule has 0 bridgehead atoms. The molecule has 27 heavy (non-hydrogen) atoms. The number of likely N-dealkylation sites (tertiary alicyclic amines) is 1. The molecule has 0 saturated carbocycles. The Kier molecular flexibility index (Phi) is 5.95. The van der Waals surface area contributed by atoms with E-state index >= 15 is 0 Å². The van der Waals surface area contributed by atoms with Gasteiger partial charge < -0.3 is 15.0 Å². The van der Waals surface area contributed by atoms with Crippen molar-refractivity contribution in [1.29, 1.82) is 0 Å². The standard InChI is InChI=1S/C19H25N5O3/c1-3-20-18(25)15-9-11-23(12-15)19(26)22-17-8-10-21-24(17)13-14-6-4-5-7-16(14)27-2/h4-8,10,15H,3,9,11-13H2,1-2H3,(H,20,25)(H,22,26)/t15-/m0/s1. The Morgan fingerprint density at radius 1 is 1.30 bits per heavy atom. The van der Waals surface area contributed by atoms with Crippen molar-refractivity contribution in [1.82, 2.24) is 20.0 Å². The molecule has 0 unspecified atom stereocenters. The number of ether oxygens (including phenoxy) is 1. The topological polar surface area (TPSA) is 88.5 Å². The quantitative estimate of drug-likeness (QED) is 0.812. The maximum absolute atomic E-state index is 12.6. The van der Waals surface area contributed by atoms with Crippen LogP contribution in [0.3, 0.4) is 0 Å². The van der Waals surface area contributed by atoms with Crippen LogP contribution in [0.2, 0.25) is 0 Å². The second-order valence-electron chi connectivity index (χ2n) is 6.44. The fourth-order valence-electron chi connectivity index (χ4n) is 3.23. The van der Waals surface area contributed by atoms with Crippen molar-refractivity contribution in [3.63, 3.8) is 0 Å². The summed E-state index contributed by atoms with van der Waals surface area (Å²) in [5.74, 6) is 1.24. The Morgan fingerprint density at radius 2 is 2.11 bits per heavy atom. The lowest BCUT2D eigenvalue weighted by molar-refractivity contribution is -0.124. The summed E-state index contributed by atoms with van der Waals surface area (Å²) in [6.45, 7) is 3.96. The molecule has 144 valence electrons. The first-order valence-corrected chi connectivity index (χ1v) is 9.09. The summed E-state index contributed by atoms with van der Waals surface area (Å²) in [5.41, 5.74) is 0.969. The second kappa shape index (κ2) is 8.57. The molecule has 1 aliphatic rings. The SMILES string of the molecule is CCNC(=O)[C@H]1CCN(C(=O)Nc2ccnn2Cc2ccccc2OC)C1. The molecular formula is C19H25N5O3. The molecule has 3 rings (SSSR count). The van der Waals surface area contributed by atoms with E-state index in [9.17, 15) is 9.59 Å². The van der Waals surface area contributed by atoms with Gasteiger partial charge in [0.05, 0.1) is 25.8 Å². The van der Waals surface area contributed by atoms with Crippen molar-refractivity contribution >= 4 is 17.8 Å². The van der Waals surface area contributed by atoms with Crippen LogP contribution in [0.4, 0.5) is 10.6 Å². The zero-order valence-electron chi connectivity index (χ0n) is 15.6. The Bertz CT molecular complexity index is 804. The molecule has 1 saturated heterocycles. The number of nitrogens with zero attached hydrogens (tertiary/aromatic N) is 3. The number of anilines is 1. The number of rotatable bonds is 6. The number of urea groups is 1. The normalized spacial score (nSPS) is 16.2. The first-order chi connectivity index (χ1) is 13.1. The van der Waals surface area contributed by atoms with Gasteiger partial charge in [-0.3, -0.25) is 10.1 Å². The number of hydrogen-bond acceptors (Lipinski definition) is 4. The number of para-hydroxylation sites is 1. The highest BCUT2D eigenvalue weighted by Crippen LogP contribution is 2.21. The van der Waals surface area contributed by atoms with Crippen molar-refractivity contribution in [2.45, 2.75) is 19.9 Å². The average Bonchev–Trinajstić information content (AvgIpc) is 3.32. The number of aromatic nitrogens is 2. The number of hydrogen-bond donors (Lipinski definition) is 2.